The molecule has 16 heavy (non-hydrogen) atoms. The largest absolute Gasteiger partial charge is 0.480 e. The van der Waals surface area contributed by atoms with Crippen molar-refractivity contribution in [3.8, 4) is 0 Å². The predicted molar refractivity (Wildman–Crippen MR) is 51.6 cm³/mol. The monoisotopic (exact) mass is 236 g/mol. The molecule has 0 aliphatic heterocycles. The van der Waals surface area contributed by atoms with Crippen LogP contribution in [0.25, 0.3) is 0 Å². The lowest BCUT2D eigenvalue weighted by molar-refractivity contribution is -0.190. The molecule has 0 atom stereocenters. The Hall–Kier alpha value is -1.22. The standard InChI is InChI=1S/C8H16N2O6/c9-2-4-15-3-1-7(11)10(14)6-16-5-8(12)13/h14H,1-6,9H2,(H,12,13). The van der Waals surface area contributed by atoms with Gasteiger partial charge in [-0.15, -0.1) is 0 Å². The molecular formula is C8H16N2O6. The second-order valence-corrected chi connectivity index (χ2v) is 2.82. The minimum absolute atomic E-state index is 0.0209. The molecule has 0 unspecified atom stereocenters. The summed E-state index contributed by atoms with van der Waals surface area (Å²) in [7, 11) is 0. The minimum Gasteiger partial charge on any atom is -0.480 e. The third-order valence-corrected chi connectivity index (χ3v) is 1.45. The zero-order chi connectivity index (χ0) is 12.4. The number of hydrogen-bond donors (Lipinski definition) is 3. The maximum absolute atomic E-state index is 11.1. The summed E-state index contributed by atoms with van der Waals surface area (Å²) in [6, 6.07) is 0. The van der Waals surface area contributed by atoms with Gasteiger partial charge in [-0.05, 0) is 0 Å². The first kappa shape index (κ1) is 14.8. The van der Waals surface area contributed by atoms with Crippen LogP contribution in [0, 0.1) is 0 Å². The Morgan fingerprint density at radius 1 is 1.25 bits per heavy atom. The number of nitrogens with two attached hydrogens (primary N) is 1. The van der Waals surface area contributed by atoms with Gasteiger partial charge in [-0.3, -0.25) is 10.0 Å². The highest BCUT2D eigenvalue weighted by Crippen LogP contribution is 1.92. The molecule has 8 nitrogen and oxygen atoms in total. The first-order chi connectivity index (χ1) is 7.57. The fourth-order valence-corrected chi connectivity index (χ4v) is 0.765. The van der Waals surface area contributed by atoms with E-state index in [0.717, 1.165) is 0 Å². The van der Waals surface area contributed by atoms with Crippen molar-refractivity contribution >= 4 is 11.9 Å². The van der Waals surface area contributed by atoms with Gasteiger partial charge in [0.1, 0.15) is 13.3 Å². The van der Waals surface area contributed by atoms with Crippen LogP contribution in [0.15, 0.2) is 0 Å². The molecule has 0 spiro atoms. The fourth-order valence-electron chi connectivity index (χ4n) is 0.765. The second kappa shape index (κ2) is 9.04. The lowest BCUT2D eigenvalue weighted by Gasteiger charge is -2.14. The number of hydrogen-bond acceptors (Lipinski definition) is 6. The van der Waals surface area contributed by atoms with E-state index in [1.807, 2.05) is 0 Å². The number of carbonyl (C=O) groups excluding carboxylic acids is 1. The summed E-state index contributed by atoms with van der Waals surface area (Å²) in [5.41, 5.74) is 5.15. The molecule has 0 saturated heterocycles. The zero-order valence-corrected chi connectivity index (χ0v) is 8.79. The molecule has 0 aromatic rings. The van der Waals surface area contributed by atoms with Crippen molar-refractivity contribution in [1.82, 2.24) is 5.06 Å². The van der Waals surface area contributed by atoms with Gasteiger partial charge < -0.3 is 20.3 Å². The SMILES string of the molecule is NCCOCCC(=O)N(O)COCC(=O)O. The molecule has 0 saturated carbocycles. The molecule has 0 aliphatic rings. The molecule has 0 fully saturated rings. The molecule has 0 aliphatic carbocycles. The number of amides is 1. The van der Waals surface area contributed by atoms with Crippen LogP contribution >= 0.6 is 0 Å². The Kier molecular flexibility index (Phi) is 8.35. The molecule has 94 valence electrons. The average molecular weight is 236 g/mol. The summed E-state index contributed by atoms with van der Waals surface area (Å²) in [6.45, 7) is -0.213. The highest BCUT2D eigenvalue weighted by molar-refractivity contribution is 5.74. The molecule has 0 rings (SSSR count). The van der Waals surface area contributed by atoms with Crippen molar-refractivity contribution in [2.45, 2.75) is 6.42 Å². The first-order valence-corrected chi connectivity index (χ1v) is 4.64. The summed E-state index contributed by atoms with van der Waals surface area (Å²) in [5, 5.41) is 17.6. The summed E-state index contributed by atoms with van der Waals surface area (Å²) in [4.78, 5) is 21.2. The number of aliphatic carboxylic acids is 1. The van der Waals surface area contributed by atoms with E-state index in [4.69, 9.17) is 20.8 Å². The van der Waals surface area contributed by atoms with Crippen molar-refractivity contribution in [2.75, 3.05) is 33.1 Å². The van der Waals surface area contributed by atoms with Crippen molar-refractivity contribution in [3.63, 3.8) is 0 Å². The lowest BCUT2D eigenvalue weighted by Crippen LogP contribution is -2.31. The van der Waals surface area contributed by atoms with E-state index < -0.39 is 25.2 Å². The van der Waals surface area contributed by atoms with Crippen LogP contribution in [0.1, 0.15) is 6.42 Å². The van der Waals surface area contributed by atoms with E-state index in [-0.39, 0.29) is 13.0 Å². The zero-order valence-electron chi connectivity index (χ0n) is 8.79. The van der Waals surface area contributed by atoms with E-state index in [1.165, 1.54) is 0 Å². The molecular weight excluding hydrogens is 220 g/mol. The number of hydroxylamine groups is 2. The smallest absolute Gasteiger partial charge is 0.329 e. The van der Waals surface area contributed by atoms with Crippen LogP contribution < -0.4 is 5.73 Å². The lowest BCUT2D eigenvalue weighted by atomic mass is 10.4. The van der Waals surface area contributed by atoms with Crippen LogP contribution in [0.2, 0.25) is 0 Å². The Morgan fingerprint density at radius 3 is 2.50 bits per heavy atom. The fraction of sp³-hybridized carbons (Fsp3) is 0.750. The first-order valence-electron chi connectivity index (χ1n) is 4.64. The topological polar surface area (TPSA) is 122 Å². The van der Waals surface area contributed by atoms with Gasteiger partial charge in [-0.2, -0.15) is 5.06 Å². The second-order valence-electron chi connectivity index (χ2n) is 2.82. The maximum Gasteiger partial charge on any atom is 0.329 e. The summed E-state index contributed by atoms with van der Waals surface area (Å²) in [5.74, 6) is -1.78. The third kappa shape index (κ3) is 8.12. The van der Waals surface area contributed by atoms with Crippen LogP contribution in [0.3, 0.4) is 0 Å². The molecule has 8 heteroatoms. The van der Waals surface area contributed by atoms with E-state index in [2.05, 4.69) is 4.74 Å². The van der Waals surface area contributed by atoms with Crippen LogP contribution in [-0.4, -0.2) is 60.3 Å². The van der Waals surface area contributed by atoms with E-state index in [0.29, 0.717) is 18.2 Å². The Balaban J connectivity index is 3.53. The summed E-state index contributed by atoms with van der Waals surface area (Å²) in [6.07, 6.45) is -0.0209. The summed E-state index contributed by atoms with van der Waals surface area (Å²) >= 11 is 0. The molecule has 0 heterocycles. The van der Waals surface area contributed by atoms with E-state index >= 15 is 0 Å². The van der Waals surface area contributed by atoms with Gasteiger partial charge >= 0.3 is 5.97 Å². The number of ether oxygens (including phenoxy) is 2. The van der Waals surface area contributed by atoms with Gasteiger partial charge in [0.25, 0.3) is 0 Å². The normalized spacial score (nSPS) is 10.1. The molecule has 0 aromatic carbocycles. The number of rotatable bonds is 9. The van der Waals surface area contributed by atoms with Crippen molar-refractivity contribution in [2.24, 2.45) is 5.73 Å². The van der Waals surface area contributed by atoms with Crippen molar-refractivity contribution in [3.05, 3.63) is 0 Å². The van der Waals surface area contributed by atoms with Gasteiger partial charge in [0.05, 0.1) is 19.6 Å². The molecule has 1 amide bonds. The van der Waals surface area contributed by atoms with Crippen molar-refractivity contribution in [1.29, 1.82) is 0 Å². The van der Waals surface area contributed by atoms with Gasteiger partial charge in [0.2, 0.25) is 5.91 Å². The average Bonchev–Trinajstić information content (AvgIpc) is 2.23. The highest BCUT2D eigenvalue weighted by Gasteiger charge is 2.11. The van der Waals surface area contributed by atoms with Gasteiger partial charge in [-0.25, -0.2) is 4.79 Å². The summed E-state index contributed by atoms with van der Waals surface area (Å²) < 4.78 is 9.43. The van der Waals surface area contributed by atoms with Gasteiger partial charge in [0.15, 0.2) is 0 Å². The van der Waals surface area contributed by atoms with Crippen molar-refractivity contribution < 1.29 is 29.4 Å². The quantitative estimate of drug-likeness (QED) is 0.195. The maximum atomic E-state index is 11.1. The molecule has 0 radical (unpaired) electrons. The molecule has 0 aromatic heterocycles. The number of carbonyl (C=O) groups is 2. The molecule has 4 N–H and O–H groups in total. The Labute approximate surface area is 92.5 Å². The minimum atomic E-state index is -1.17. The third-order valence-electron chi connectivity index (χ3n) is 1.45. The number of carboxylic acid groups (broad SMARTS) is 1. The highest BCUT2D eigenvalue weighted by atomic mass is 16.6. The van der Waals surface area contributed by atoms with Gasteiger partial charge in [-0.1, -0.05) is 0 Å². The predicted octanol–water partition coefficient (Wildman–Crippen LogP) is -1.37. The van der Waals surface area contributed by atoms with Crippen LogP contribution in [-0.2, 0) is 19.1 Å². The number of nitrogens with zero attached hydrogens (tertiary/aromatic N) is 1. The van der Waals surface area contributed by atoms with E-state index in [9.17, 15) is 9.59 Å². The number of carboxylic acids is 1. The molecule has 0 bridgehead atoms. The van der Waals surface area contributed by atoms with Crippen LogP contribution in [0.5, 0.6) is 0 Å². The van der Waals surface area contributed by atoms with Crippen LogP contribution in [0.4, 0.5) is 0 Å². The van der Waals surface area contributed by atoms with Gasteiger partial charge in [0, 0.05) is 6.54 Å². The Bertz CT molecular complexity index is 223. The Morgan fingerprint density at radius 2 is 1.94 bits per heavy atom. The van der Waals surface area contributed by atoms with E-state index in [1.54, 1.807) is 0 Å².